The summed E-state index contributed by atoms with van der Waals surface area (Å²) in [6.45, 7) is 3.52. The van der Waals surface area contributed by atoms with Gasteiger partial charge in [-0.15, -0.1) is 0 Å². The van der Waals surface area contributed by atoms with E-state index in [9.17, 15) is 9.59 Å². The number of anilines is 1. The zero-order valence-electron chi connectivity index (χ0n) is 13.1. The Labute approximate surface area is 143 Å². The molecule has 2 heterocycles. The molecule has 0 spiro atoms. The van der Waals surface area contributed by atoms with E-state index in [4.69, 9.17) is 16.3 Å². The number of amides is 1. The van der Waals surface area contributed by atoms with Gasteiger partial charge in [-0.1, -0.05) is 23.7 Å². The minimum absolute atomic E-state index is 0.0838. The molecule has 0 unspecified atom stereocenters. The van der Waals surface area contributed by atoms with Crippen LogP contribution >= 0.6 is 11.6 Å². The van der Waals surface area contributed by atoms with Crippen molar-refractivity contribution in [2.24, 2.45) is 0 Å². The minimum atomic E-state index is -0.406. The van der Waals surface area contributed by atoms with E-state index in [1.54, 1.807) is 6.20 Å². The highest BCUT2D eigenvalue weighted by Crippen LogP contribution is 2.35. The standard InChI is InChI=1S/C16H17ClN4O3/c1-10(22)18-5-6-24-14-4-2-3-11-8-21(9-12(11)14)13-7-19-20-16(23)15(13)17/h2-4,7H,5-6,8-9H2,1H3,(H,18,22)(H,20,23). The van der Waals surface area contributed by atoms with Crippen LogP contribution in [0.15, 0.2) is 29.2 Å². The summed E-state index contributed by atoms with van der Waals surface area (Å²) in [7, 11) is 0. The summed E-state index contributed by atoms with van der Waals surface area (Å²) in [6.07, 6.45) is 1.55. The van der Waals surface area contributed by atoms with Gasteiger partial charge in [0.15, 0.2) is 0 Å². The van der Waals surface area contributed by atoms with E-state index in [0.29, 0.717) is 31.9 Å². The Kier molecular flexibility index (Phi) is 4.71. The molecular formula is C16H17ClN4O3. The molecule has 1 aromatic heterocycles. The molecular weight excluding hydrogens is 332 g/mol. The minimum Gasteiger partial charge on any atom is -0.491 e. The lowest BCUT2D eigenvalue weighted by atomic mass is 10.1. The molecule has 8 heteroatoms. The molecule has 1 aliphatic rings. The van der Waals surface area contributed by atoms with Crippen LogP contribution in [0.4, 0.5) is 5.69 Å². The Morgan fingerprint density at radius 3 is 3.08 bits per heavy atom. The summed E-state index contributed by atoms with van der Waals surface area (Å²) in [6, 6.07) is 5.84. The second-order valence-corrected chi connectivity index (χ2v) is 5.86. The number of carbonyl (C=O) groups is 1. The molecule has 2 aromatic rings. The molecule has 1 amide bonds. The van der Waals surface area contributed by atoms with Crippen molar-refractivity contribution in [1.29, 1.82) is 0 Å². The largest absolute Gasteiger partial charge is 0.491 e. The maximum absolute atomic E-state index is 11.6. The monoisotopic (exact) mass is 348 g/mol. The highest BCUT2D eigenvalue weighted by Gasteiger charge is 2.25. The van der Waals surface area contributed by atoms with Crippen LogP contribution in [0.3, 0.4) is 0 Å². The smallest absolute Gasteiger partial charge is 0.285 e. The fourth-order valence-corrected chi connectivity index (χ4v) is 2.89. The topological polar surface area (TPSA) is 87.3 Å². The Hall–Kier alpha value is -2.54. The van der Waals surface area contributed by atoms with Crippen LogP contribution in [0.25, 0.3) is 0 Å². The average Bonchev–Trinajstić information content (AvgIpc) is 2.98. The van der Waals surface area contributed by atoms with E-state index in [2.05, 4.69) is 15.5 Å². The predicted octanol–water partition coefficient (Wildman–Crippen LogP) is 1.46. The van der Waals surface area contributed by atoms with E-state index in [-0.39, 0.29) is 10.9 Å². The molecule has 2 N–H and O–H groups in total. The van der Waals surface area contributed by atoms with Gasteiger partial charge >= 0.3 is 0 Å². The first-order valence-corrected chi connectivity index (χ1v) is 7.90. The van der Waals surface area contributed by atoms with Crippen molar-refractivity contribution in [3.8, 4) is 5.75 Å². The highest BCUT2D eigenvalue weighted by molar-refractivity contribution is 6.33. The molecule has 1 aliphatic heterocycles. The Morgan fingerprint density at radius 2 is 2.29 bits per heavy atom. The number of halogens is 1. The SMILES string of the molecule is CC(=O)NCCOc1cccc2c1CN(c1cn[nH]c(=O)c1Cl)C2. The van der Waals surface area contributed by atoms with Gasteiger partial charge in [-0.2, -0.15) is 5.10 Å². The van der Waals surface area contributed by atoms with Crippen LogP contribution in [0, 0.1) is 0 Å². The third-order valence-electron chi connectivity index (χ3n) is 3.79. The number of nitrogens with zero attached hydrogens (tertiary/aromatic N) is 2. The van der Waals surface area contributed by atoms with Crippen molar-refractivity contribution in [2.45, 2.75) is 20.0 Å². The van der Waals surface area contributed by atoms with Gasteiger partial charge in [0, 0.05) is 25.6 Å². The number of nitrogens with one attached hydrogen (secondary N) is 2. The molecule has 24 heavy (non-hydrogen) atoms. The third-order valence-corrected chi connectivity index (χ3v) is 4.16. The molecule has 0 radical (unpaired) electrons. The van der Waals surface area contributed by atoms with Crippen molar-refractivity contribution in [3.63, 3.8) is 0 Å². The first kappa shape index (κ1) is 16.3. The lowest BCUT2D eigenvalue weighted by Crippen LogP contribution is -2.25. The van der Waals surface area contributed by atoms with E-state index >= 15 is 0 Å². The average molecular weight is 349 g/mol. The van der Waals surface area contributed by atoms with Crippen molar-refractivity contribution >= 4 is 23.2 Å². The molecule has 0 aliphatic carbocycles. The van der Waals surface area contributed by atoms with Crippen molar-refractivity contribution in [3.05, 3.63) is 50.9 Å². The Balaban J connectivity index is 1.75. The van der Waals surface area contributed by atoms with Crippen LogP contribution < -0.4 is 20.5 Å². The molecule has 0 atom stereocenters. The molecule has 3 rings (SSSR count). The van der Waals surface area contributed by atoms with Crippen LogP contribution in [0.5, 0.6) is 5.75 Å². The zero-order chi connectivity index (χ0) is 17.1. The summed E-state index contributed by atoms with van der Waals surface area (Å²) in [5.41, 5.74) is 2.36. The van der Waals surface area contributed by atoms with Gasteiger partial charge in [-0.05, 0) is 11.6 Å². The number of aromatic amines is 1. The lowest BCUT2D eigenvalue weighted by molar-refractivity contribution is -0.119. The maximum atomic E-state index is 11.6. The summed E-state index contributed by atoms with van der Waals surface area (Å²) < 4.78 is 5.78. The number of hydrogen-bond acceptors (Lipinski definition) is 5. The number of fused-ring (bicyclic) bond motifs is 1. The van der Waals surface area contributed by atoms with Gasteiger partial charge in [-0.3, -0.25) is 9.59 Å². The number of benzene rings is 1. The van der Waals surface area contributed by atoms with Gasteiger partial charge in [-0.25, -0.2) is 5.10 Å². The van der Waals surface area contributed by atoms with E-state index in [1.807, 2.05) is 23.1 Å². The van der Waals surface area contributed by atoms with Gasteiger partial charge in [0.2, 0.25) is 5.91 Å². The first-order valence-electron chi connectivity index (χ1n) is 7.52. The van der Waals surface area contributed by atoms with E-state index < -0.39 is 5.56 Å². The second-order valence-electron chi connectivity index (χ2n) is 5.48. The van der Waals surface area contributed by atoms with Crippen LogP contribution in [-0.4, -0.2) is 29.3 Å². The van der Waals surface area contributed by atoms with Crippen LogP contribution in [-0.2, 0) is 17.9 Å². The summed E-state index contributed by atoms with van der Waals surface area (Å²) >= 11 is 6.09. The lowest BCUT2D eigenvalue weighted by Gasteiger charge is -2.18. The number of H-pyrrole nitrogens is 1. The number of rotatable bonds is 5. The summed E-state index contributed by atoms with van der Waals surface area (Å²) in [4.78, 5) is 24.5. The quantitative estimate of drug-likeness (QED) is 0.799. The molecule has 0 fully saturated rings. The Morgan fingerprint density at radius 1 is 1.46 bits per heavy atom. The van der Waals surface area contributed by atoms with Gasteiger partial charge < -0.3 is 15.0 Å². The number of aromatic nitrogens is 2. The van der Waals surface area contributed by atoms with Crippen LogP contribution in [0.1, 0.15) is 18.1 Å². The fraction of sp³-hybridized carbons (Fsp3) is 0.312. The highest BCUT2D eigenvalue weighted by atomic mass is 35.5. The first-order chi connectivity index (χ1) is 11.6. The Bertz CT molecular complexity index is 821. The molecule has 7 nitrogen and oxygen atoms in total. The van der Waals surface area contributed by atoms with Crippen molar-refractivity contribution in [2.75, 3.05) is 18.1 Å². The van der Waals surface area contributed by atoms with Gasteiger partial charge in [0.1, 0.15) is 17.4 Å². The zero-order valence-corrected chi connectivity index (χ0v) is 13.9. The normalized spacial score (nSPS) is 12.8. The van der Waals surface area contributed by atoms with Crippen LogP contribution in [0.2, 0.25) is 5.02 Å². The number of carbonyl (C=O) groups excluding carboxylic acids is 1. The molecule has 1 aromatic carbocycles. The molecule has 0 bridgehead atoms. The molecule has 0 saturated heterocycles. The molecule has 126 valence electrons. The summed E-state index contributed by atoms with van der Waals surface area (Å²) in [5.74, 6) is 0.689. The number of hydrogen-bond donors (Lipinski definition) is 2. The second kappa shape index (κ2) is 6.92. The van der Waals surface area contributed by atoms with Crippen molar-refractivity contribution < 1.29 is 9.53 Å². The molecule has 0 saturated carbocycles. The van der Waals surface area contributed by atoms with E-state index in [0.717, 1.165) is 16.9 Å². The van der Waals surface area contributed by atoms with E-state index in [1.165, 1.54) is 6.92 Å². The van der Waals surface area contributed by atoms with Crippen molar-refractivity contribution in [1.82, 2.24) is 15.5 Å². The fourth-order valence-electron chi connectivity index (χ4n) is 2.68. The van der Waals surface area contributed by atoms with Gasteiger partial charge in [0.25, 0.3) is 5.56 Å². The van der Waals surface area contributed by atoms with Gasteiger partial charge in [0.05, 0.1) is 18.4 Å². The third kappa shape index (κ3) is 3.35. The predicted molar refractivity (Wildman–Crippen MR) is 90.4 cm³/mol. The maximum Gasteiger partial charge on any atom is 0.285 e. The summed E-state index contributed by atoms with van der Waals surface area (Å²) in [5, 5.41) is 8.96. The number of ether oxygens (including phenoxy) is 1.